The first-order valence-corrected chi connectivity index (χ1v) is 12.3. The number of hydrogen-bond acceptors (Lipinski definition) is 6. The van der Waals surface area contributed by atoms with Crippen LogP contribution >= 0.6 is 0 Å². The molecule has 3 aromatic rings. The van der Waals surface area contributed by atoms with Crippen LogP contribution in [0.5, 0.6) is 0 Å². The van der Waals surface area contributed by atoms with Crippen molar-refractivity contribution in [2.24, 2.45) is 11.3 Å². The Labute approximate surface area is 201 Å². The highest BCUT2D eigenvalue weighted by Crippen LogP contribution is 2.34. The summed E-state index contributed by atoms with van der Waals surface area (Å²) in [6, 6.07) is 12.3. The second-order valence-corrected chi connectivity index (χ2v) is 10.2. The van der Waals surface area contributed by atoms with E-state index in [1.165, 1.54) is 10.9 Å². The summed E-state index contributed by atoms with van der Waals surface area (Å²) in [6.07, 6.45) is 8.15. The number of aromatic nitrogens is 3. The van der Waals surface area contributed by atoms with Crippen LogP contribution in [0.4, 0.5) is 5.95 Å². The van der Waals surface area contributed by atoms with E-state index in [0.717, 1.165) is 70.0 Å². The second-order valence-electron chi connectivity index (χ2n) is 10.2. The summed E-state index contributed by atoms with van der Waals surface area (Å²) in [6.45, 7) is 7.28. The van der Waals surface area contributed by atoms with Crippen molar-refractivity contribution in [2.45, 2.75) is 26.2 Å². The fourth-order valence-corrected chi connectivity index (χ4v) is 5.41. The van der Waals surface area contributed by atoms with Crippen molar-refractivity contribution in [1.82, 2.24) is 24.8 Å². The van der Waals surface area contributed by atoms with Crippen molar-refractivity contribution in [1.29, 1.82) is 0 Å². The molecule has 2 aliphatic heterocycles. The topological polar surface area (TPSA) is 65.5 Å². The lowest BCUT2D eigenvalue weighted by molar-refractivity contribution is -0.142. The van der Waals surface area contributed by atoms with Crippen LogP contribution in [0, 0.1) is 11.3 Å². The number of pyridine rings is 1. The average Bonchev–Trinajstić information content (AvgIpc) is 3.05. The number of anilines is 1. The van der Waals surface area contributed by atoms with Gasteiger partial charge in [-0.05, 0) is 56.0 Å². The number of para-hydroxylation sites is 1. The molecule has 2 saturated heterocycles. The third kappa shape index (κ3) is 4.89. The molecule has 0 saturated carbocycles. The zero-order valence-electron chi connectivity index (χ0n) is 20.2. The summed E-state index contributed by atoms with van der Waals surface area (Å²) in [5.74, 6) is 1.45. The Morgan fingerprint density at radius 2 is 1.76 bits per heavy atom. The predicted octanol–water partition coefficient (Wildman–Crippen LogP) is 3.26. The third-order valence-electron chi connectivity index (χ3n) is 7.48. The minimum absolute atomic E-state index is 0.304. The molecule has 1 atom stereocenters. The van der Waals surface area contributed by atoms with Gasteiger partial charge < -0.3 is 14.7 Å². The molecule has 0 bridgehead atoms. The van der Waals surface area contributed by atoms with Crippen molar-refractivity contribution in [2.75, 3.05) is 51.2 Å². The lowest BCUT2D eigenvalue weighted by Gasteiger charge is -2.41. The van der Waals surface area contributed by atoms with Gasteiger partial charge in [-0.1, -0.05) is 25.1 Å². The van der Waals surface area contributed by atoms with Crippen molar-refractivity contribution in [3.63, 3.8) is 0 Å². The molecular formula is C27H34N6O. The number of nitrogens with zero attached hydrogens (tertiary/aromatic N) is 6. The Hall–Kier alpha value is -3.06. The molecule has 7 heteroatoms. The molecule has 34 heavy (non-hydrogen) atoms. The summed E-state index contributed by atoms with van der Waals surface area (Å²) >= 11 is 0. The molecule has 0 N–H and O–H groups in total. The van der Waals surface area contributed by atoms with Gasteiger partial charge in [0.15, 0.2) is 0 Å². The van der Waals surface area contributed by atoms with Crippen LogP contribution in [0.15, 0.2) is 55.0 Å². The van der Waals surface area contributed by atoms with Crippen molar-refractivity contribution in [3.8, 4) is 0 Å². The van der Waals surface area contributed by atoms with Gasteiger partial charge in [-0.15, -0.1) is 0 Å². The van der Waals surface area contributed by atoms with Gasteiger partial charge in [0.05, 0.1) is 5.52 Å². The SMILES string of the molecule is CN1CCN(C(=O)C2(C)CCN(c3ncccn3)CC2)C[C@@H](Cc2cnc3ccccc3c2)C1. The van der Waals surface area contributed by atoms with Crippen LogP contribution in [-0.4, -0.2) is 77.0 Å². The normalized spacial score (nSPS) is 21.4. The molecule has 2 aromatic heterocycles. The molecule has 5 rings (SSSR count). The molecule has 4 heterocycles. The molecule has 1 amide bonds. The van der Waals surface area contributed by atoms with E-state index in [1.54, 1.807) is 12.4 Å². The minimum atomic E-state index is -0.330. The van der Waals surface area contributed by atoms with Gasteiger partial charge in [0.2, 0.25) is 11.9 Å². The van der Waals surface area contributed by atoms with E-state index in [1.807, 2.05) is 18.3 Å². The van der Waals surface area contributed by atoms with Gasteiger partial charge >= 0.3 is 0 Å². The third-order valence-corrected chi connectivity index (χ3v) is 7.48. The first kappa shape index (κ1) is 22.7. The molecule has 2 aliphatic rings. The number of hydrogen-bond donors (Lipinski definition) is 0. The van der Waals surface area contributed by atoms with E-state index in [9.17, 15) is 4.79 Å². The van der Waals surface area contributed by atoms with Crippen LogP contribution in [-0.2, 0) is 11.2 Å². The number of carbonyl (C=O) groups is 1. The lowest BCUT2D eigenvalue weighted by Crippen LogP contribution is -2.50. The van der Waals surface area contributed by atoms with Gasteiger partial charge in [0.25, 0.3) is 0 Å². The van der Waals surface area contributed by atoms with Crippen LogP contribution < -0.4 is 4.90 Å². The van der Waals surface area contributed by atoms with Crippen LogP contribution in [0.25, 0.3) is 10.9 Å². The highest BCUT2D eigenvalue weighted by atomic mass is 16.2. The molecule has 0 spiro atoms. The summed E-state index contributed by atoms with van der Waals surface area (Å²) in [5, 5.41) is 1.18. The number of likely N-dealkylation sites (N-methyl/N-ethyl adjacent to an activating group) is 1. The fourth-order valence-electron chi connectivity index (χ4n) is 5.41. The van der Waals surface area contributed by atoms with E-state index in [4.69, 9.17) is 0 Å². The zero-order chi connectivity index (χ0) is 23.5. The van der Waals surface area contributed by atoms with Crippen LogP contribution in [0.1, 0.15) is 25.3 Å². The Morgan fingerprint density at radius 3 is 2.56 bits per heavy atom. The van der Waals surface area contributed by atoms with Crippen LogP contribution in [0.3, 0.4) is 0 Å². The van der Waals surface area contributed by atoms with Crippen LogP contribution in [0.2, 0.25) is 0 Å². The van der Waals surface area contributed by atoms with Gasteiger partial charge in [0, 0.05) is 68.7 Å². The number of carbonyl (C=O) groups excluding carboxylic acids is 1. The number of benzene rings is 1. The number of rotatable bonds is 4. The number of amides is 1. The Bertz CT molecular complexity index is 1130. The molecule has 0 radical (unpaired) electrons. The largest absolute Gasteiger partial charge is 0.341 e. The summed E-state index contributed by atoms with van der Waals surface area (Å²) in [5.41, 5.74) is 1.94. The minimum Gasteiger partial charge on any atom is -0.341 e. The summed E-state index contributed by atoms with van der Waals surface area (Å²) in [7, 11) is 2.17. The molecule has 7 nitrogen and oxygen atoms in total. The highest BCUT2D eigenvalue weighted by molar-refractivity contribution is 5.83. The molecule has 0 aliphatic carbocycles. The molecule has 1 aromatic carbocycles. The van der Waals surface area contributed by atoms with E-state index in [-0.39, 0.29) is 5.41 Å². The predicted molar refractivity (Wildman–Crippen MR) is 135 cm³/mol. The van der Waals surface area contributed by atoms with E-state index >= 15 is 0 Å². The highest BCUT2D eigenvalue weighted by Gasteiger charge is 2.41. The maximum atomic E-state index is 13.8. The molecular weight excluding hydrogens is 424 g/mol. The van der Waals surface area contributed by atoms with Crippen molar-refractivity contribution >= 4 is 22.8 Å². The molecule has 0 unspecified atom stereocenters. The first-order chi connectivity index (χ1) is 16.5. The van der Waals surface area contributed by atoms with Gasteiger partial charge in [-0.2, -0.15) is 0 Å². The maximum absolute atomic E-state index is 13.8. The lowest BCUT2D eigenvalue weighted by atomic mass is 9.79. The number of piperidine rings is 1. The average molecular weight is 459 g/mol. The van der Waals surface area contributed by atoms with E-state index < -0.39 is 0 Å². The van der Waals surface area contributed by atoms with Gasteiger partial charge in [-0.3, -0.25) is 9.78 Å². The second kappa shape index (κ2) is 9.66. The summed E-state index contributed by atoms with van der Waals surface area (Å²) in [4.78, 5) is 33.9. The summed E-state index contributed by atoms with van der Waals surface area (Å²) < 4.78 is 0. The quantitative estimate of drug-likeness (QED) is 0.598. The standard InChI is InChI=1S/C27H34N6O/c1-27(8-12-32(13-9-27)26-28-10-5-11-29-26)25(34)33-15-14-31(2)19-22(20-33)16-21-17-23-6-3-4-7-24(23)30-18-21/h3-7,10-11,17-18,22H,8-9,12-16,19-20H2,1-2H3/t22-/m0/s1. The maximum Gasteiger partial charge on any atom is 0.228 e. The molecule has 2 fully saturated rings. The van der Waals surface area contributed by atoms with Crippen molar-refractivity contribution in [3.05, 3.63) is 60.6 Å². The van der Waals surface area contributed by atoms with E-state index in [2.05, 4.69) is 67.9 Å². The fraction of sp³-hybridized carbons (Fsp3) is 0.481. The van der Waals surface area contributed by atoms with E-state index in [0.29, 0.717) is 11.8 Å². The smallest absolute Gasteiger partial charge is 0.228 e. The Morgan fingerprint density at radius 1 is 1.00 bits per heavy atom. The van der Waals surface area contributed by atoms with Gasteiger partial charge in [-0.25, -0.2) is 9.97 Å². The zero-order valence-corrected chi connectivity index (χ0v) is 20.2. The van der Waals surface area contributed by atoms with Gasteiger partial charge in [0.1, 0.15) is 0 Å². The Balaban J connectivity index is 1.26. The monoisotopic (exact) mass is 458 g/mol. The molecule has 178 valence electrons. The van der Waals surface area contributed by atoms with Crippen molar-refractivity contribution < 1.29 is 4.79 Å². The number of fused-ring (bicyclic) bond motifs is 1. The Kier molecular flexibility index (Phi) is 6.46. The first-order valence-electron chi connectivity index (χ1n) is 12.3.